The van der Waals surface area contributed by atoms with E-state index < -0.39 is 12.1 Å². The van der Waals surface area contributed by atoms with Gasteiger partial charge in [-0.2, -0.15) is 0 Å². The molecule has 1 N–H and O–H groups in total. The van der Waals surface area contributed by atoms with Crippen LogP contribution in [0.5, 0.6) is 0 Å². The van der Waals surface area contributed by atoms with Crippen LogP contribution in [-0.2, 0) is 14.3 Å². The van der Waals surface area contributed by atoms with E-state index in [1.807, 2.05) is 0 Å². The first-order valence-corrected chi connectivity index (χ1v) is 5.05. The normalized spacial score (nSPS) is 12.7. The zero-order chi connectivity index (χ0) is 10.8. The molecule has 0 aromatic heterocycles. The molecule has 0 radical (unpaired) electrons. The minimum Gasteiger partial charge on any atom is -0.479 e. The number of hydrogen-bond donors (Lipinski definition) is 1. The molecule has 0 aromatic carbocycles. The van der Waals surface area contributed by atoms with Gasteiger partial charge in [0.1, 0.15) is 0 Å². The van der Waals surface area contributed by atoms with Crippen molar-refractivity contribution in [1.29, 1.82) is 0 Å². The molecule has 0 saturated carbocycles. The lowest BCUT2D eigenvalue weighted by atomic mass is 10.2. The predicted molar refractivity (Wildman–Crippen MR) is 53.4 cm³/mol. The lowest BCUT2D eigenvalue weighted by molar-refractivity contribution is -0.153. The number of hydrogen-bond acceptors (Lipinski definition) is 3. The summed E-state index contributed by atoms with van der Waals surface area (Å²) in [7, 11) is 1.47. The molecule has 84 valence electrons. The highest BCUT2D eigenvalue weighted by Crippen LogP contribution is 2.01. The van der Waals surface area contributed by atoms with Crippen LogP contribution in [0.4, 0.5) is 0 Å². The molecule has 0 saturated heterocycles. The van der Waals surface area contributed by atoms with E-state index >= 15 is 0 Å². The first kappa shape index (κ1) is 13.4. The minimum atomic E-state index is -0.956. The number of ether oxygens (including phenoxy) is 2. The number of carboxylic acids is 1. The zero-order valence-corrected chi connectivity index (χ0v) is 8.99. The second-order valence-corrected chi connectivity index (χ2v) is 3.21. The lowest BCUT2D eigenvalue weighted by Crippen LogP contribution is -2.29. The van der Waals surface area contributed by atoms with Gasteiger partial charge in [-0.05, 0) is 6.42 Å². The molecule has 1 unspecified atom stereocenters. The molecule has 0 bridgehead atoms. The third-order valence-electron chi connectivity index (χ3n) is 1.91. The maximum absolute atomic E-state index is 10.6. The van der Waals surface area contributed by atoms with E-state index in [9.17, 15) is 4.79 Å². The van der Waals surface area contributed by atoms with Crippen LogP contribution < -0.4 is 0 Å². The van der Waals surface area contributed by atoms with Crippen LogP contribution >= 0.6 is 0 Å². The van der Waals surface area contributed by atoms with Crippen molar-refractivity contribution in [3.05, 3.63) is 0 Å². The van der Waals surface area contributed by atoms with Crippen molar-refractivity contribution in [2.75, 3.05) is 20.3 Å². The van der Waals surface area contributed by atoms with Gasteiger partial charge in [-0.1, -0.05) is 26.2 Å². The first-order valence-electron chi connectivity index (χ1n) is 5.05. The molecule has 0 heterocycles. The minimum absolute atomic E-state index is 0.114. The quantitative estimate of drug-likeness (QED) is 0.580. The van der Waals surface area contributed by atoms with Gasteiger partial charge < -0.3 is 14.6 Å². The Balaban J connectivity index is 3.46. The van der Waals surface area contributed by atoms with Gasteiger partial charge in [0.15, 0.2) is 6.10 Å². The molecule has 0 spiro atoms. The fourth-order valence-corrected chi connectivity index (χ4v) is 1.10. The van der Waals surface area contributed by atoms with Crippen molar-refractivity contribution in [2.45, 2.75) is 38.7 Å². The van der Waals surface area contributed by atoms with Gasteiger partial charge in [-0.3, -0.25) is 0 Å². The summed E-state index contributed by atoms with van der Waals surface area (Å²) in [6.45, 7) is 2.75. The van der Waals surface area contributed by atoms with Crippen LogP contribution in [0.3, 0.4) is 0 Å². The molecule has 0 amide bonds. The molecule has 0 aliphatic carbocycles. The fraction of sp³-hybridized carbons (Fsp3) is 0.900. The molecule has 1 atom stereocenters. The van der Waals surface area contributed by atoms with Crippen molar-refractivity contribution in [3.8, 4) is 0 Å². The van der Waals surface area contributed by atoms with E-state index in [-0.39, 0.29) is 6.61 Å². The van der Waals surface area contributed by atoms with Gasteiger partial charge >= 0.3 is 5.97 Å². The van der Waals surface area contributed by atoms with E-state index in [4.69, 9.17) is 14.6 Å². The van der Waals surface area contributed by atoms with E-state index in [1.54, 1.807) is 0 Å². The highest BCUT2D eigenvalue weighted by atomic mass is 16.5. The molecule has 14 heavy (non-hydrogen) atoms. The maximum atomic E-state index is 10.6. The van der Waals surface area contributed by atoms with Crippen molar-refractivity contribution in [3.63, 3.8) is 0 Å². The fourth-order valence-electron chi connectivity index (χ4n) is 1.10. The van der Waals surface area contributed by atoms with Gasteiger partial charge in [0, 0.05) is 13.7 Å². The second-order valence-electron chi connectivity index (χ2n) is 3.21. The summed E-state index contributed by atoms with van der Waals surface area (Å²) < 4.78 is 9.90. The smallest absolute Gasteiger partial charge is 0.335 e. The van der Waals surface area contributed by atoms with Crippen LogP contribution in [0.15, 0.2) is 0 Å². The van der Waals surface area contributed by atoms with Crippen molar-refractivity contribution in [2.24, 2.45) is 0 Å². The molecule has 4 nitrogen and oxygen atoms in total. The van der Waals surface area contributed by atoms with Gasteiger partial charge in [-0.15, -0.1) is 0 Å². The Kier molecular flexibility index (Phi) is 8.57. The summed E-state index contributed by atoms with van der Waals surface area (Å²) in [6, 6.07) is 0. The number of aliphatic carboxylic acids is 1. The van der Waals surface area contributed by atoms with E-state index in [2.05, 4.69) is 6.92 Å². The van der Waals surface area contributed by atoms with Crippen molar-refractivity contribution >= 4 is 5.97 Å². The Morgan fingerprint density at radius 1 is 1.36 bits per heavy atom. The maximum Gasteiger partial charge on any atom is 0.335 e. The lowest BCUT2D eigenvalue weighted by Gasteiger charge is -2.12. The molecule has 0 aliphatic rings. The van der Waals surface area contributed by atoms with Gasteiger partial charge in [-0.25, -0.2) is 4.79 Å². The van der Waals surface area contributed by atoms with Gasteiger partial charge in [0.2, 0.25) is 0 Å². The SMILES string of the molecule is CCCCCCOC(COC)C(=O)O. The topological polar surface area (TPSA) is 55.8 Å². The Morgan fingerprint density at radius 3 is 2.57 bits per heavy atom. The highest BCUT2D eigenvalue weighted by molar-refractivity contribution is 5.72. The van der Waals surface area contributed by atoms with Crippen molar-refractivity contribution < 1.29 is 19.4 Å². The molecule has 0 fully saturated rings. The van der Waals surface area contributed by atoms with Gasteiger partial charge in [0.25, 0.3) is 0 Å². The number of rotatable bonds is 9. The van der Waals surface area contributed by atoms with Crippen LogP contribution in [0.2, 0.25) is 0 Å². The monoisotopic (exact) mass is 204 g/mol. The molecular formula is C10H20O4. The molecular weight excluding hydrogens is 184 g/mol. The van der Waals surface area contributed by atoms with Crippen LogP contribution in [0.25, 0.3) is 0 Å². The molecule has 0 aromatic rings. The van der Waals surface area contributed by atoms with E-state index in [0.29, 0.717) is 6.61 Å². The zero-order valence-electron chi connectivity index (χ0n) is 8.99. The van der Waals surface area contributed by atoms with E-state index in [1.165, 1.54) is 20.0 Å². The summed E-state index contributed by atoms with van der Waals surface area (Å²) in [5.74, 6) is -0.956. The molecule has 4 heteroatoms. The summed E-state index contributed by atoms with van der Waals surface area (Å²) in [6.07, 6.45) is 3.53. The predicted octanol–water partition coefficient (Wildman–Crippen LogP) is 1.68. The highest BCUT2D eigenvalue weighted by Gasteiger charge is 2.16. The Morgan fingerprint density at radius 2 is 2.07 bits per heavy atom. The Hall–Kier alpha value is -0.610. The summed E-state index contributed by atoms with van der Waals surface area (Å²) in [4.78, 5) is 10.6. The number of carboxylic acid groups (broad SMARTS) is 1. The average molecular weight is 204 g/mol. The summed E-state index contributed by atoms with van der Waals surface area (Å²) in [5, 5.41) is 8.70. The standard InChI is InChI=1S/C10H20O4/c1-3-4-5-6-7-14-9(8-13-2)10(11)12/h9H,3-8H2,1-2H3,(H,11,12). The van der Waals surface area contributed by atoms with Crippen LogP contribution in [0.1, 0.15) is 32.6 Å². The van der Waals surface area contributed by atoms with Crippen LogP contribution in [0, 0.1) is 0 Å². The molecule has 0 rings (SSSR count). The number of carbonyl (C=O) groups is 1. The van der Waals surface area contributed by atoms with Gasteiger partial charge in [0.05, 0.1) is 6.61 Å². The largest absolute Gasteiger partial charge is 0.479 e. The number of unbranched alkanes of at least 4 members (excludes halogenated alkanes) is 3. The molecule has 0 aliphatic heterocycles. The second kappa shape index (κ2) is 8.97. The summed E-state index contributed by atoms with van der Waals surface area (Å²) in [5.41, 5.74) is 0. The van der Waals surface area contributed by atoms with E-state index in [0.717, 1.165) is 12.8 Å². The average Bonchev–Trinajstić information content (AvgIpc) is 2.15. The third kappa shape index (κ3) is 6.86. The first-order chi connectivity index (χ1) is 6.72. The third-order valence-corrected chi connectivity index (χ3v) is 1.91. The summed E-state index contributed by atoms with van der Waals surface area (Å²) >= 11 is 0. The number of methoxy groups -OCH3 is 1. The Labute approximate surface area is 85.2 Å². The Bertz CT molecular complexity index is 147. The van der Waals surface area contributed by atoms with Crippen molar-refractivity contribution in [1.82, 2.24) is 0 Å². The van der Waals surface area contributed by atoms with Crippen LogP contribution in [-0.4, -0.2) is 37.5 Å².